The van der Waals surface area contributed by atoms with E-state index in [0.717, 1.165) is 25.9 Å². The van der Waals surface area contributed by atoms with Crippen molar-refractivity contribution in [3.63, 3.8) is 0 Å². The van der Waals surface area contributed by atoms with Crippen LogP contribution in [0.5, 0.6) is 0 Å². The standard InChI is InChI=1S/C13H20N4O3S/c18-10(7-21-9-1-4-14-5-2-9)17-6-3-13(8-17)11(19)15-12(20)16-13/h9,14H,1-8H2,(H2,15,16,19,20). The van der Waals surface area contributed by atoms with Crippen LogP contribution in [0.2, 0.25) is 0 Å². The summed E-state index contributed by atoms with van der Waals surface area (Å²) in [5.41, 5.74) is -0.897. The van der Waals surface area contributed by atoms with Gasteiger partial charge in [0.2, 0.25) is 5.91 Å². The number of piperidine rings is 1. The summed E-state index contributed by atoms with van der Waals surface area (Å²) >= 11 is 1.71. The summed E-state index contributed by atoms with van der Waals surface area (Å²) in [6, 6.07) is -0.460. The van der Waals surface area contributed by atoms with E-state index in [0.29, 0.717) is 24.0 Å². The van der Waals surface area contributed by atoms with E-state index >= 15 is 0 Å². The maximum atomic E-state index is 12.3. The second-order valence-electron chi connectivity index (χ2n) is 5.82. The van der Waals surface area contributed by atoms with Crippen LogP contribution in [0.4, 0.5) is 4.79 Å². The molecule has 0 radical (unpaired) electrons. The quantitative estimate of drug-likeness (QED) is 0.599. The van der Waals surface area contributed by atoms with E-state index in [1.54, 1.807) is 16.7 Å². The summed E-state index contributed by atoms with van der Waals surface area (Å²) in [6.45, 7) is 2.85. The number of thioether (sulfide) groups is 1. The number of urea groups is 1. The Balaban J connectivity index is 1.50. The molecule has 1 unspecified atom stereocenters. The molecule has 4 amide bonds. The second kappa shape index (κ2) is 5.84. The Hall–Kier alpha value is -1.28. The van der Waals surface area contributed by atoms with Crippen molar-refractivity contribution in [2.45, 2.75) is 30.1 Å². The van der Waals surface area contributed by atoms with Gasteiger partial charge in [-0.25, -0.2) is 4.79 Å². The number of rotatable bonds is 3. The lowest BCUT2D eigenvalue weighted by atomic mass is 10.00. The molecule has 1 spiro atoms. The predicted octanol–water partition coefficient (Wildman–Crippen LogP) is -0.718. The molecule has 116 valence electrons. The zero-order valence-electron chi connectivity index (χ0n) is 11.8. The number of hydrogen-bond donors (Lipinski definition) is 3. The van der Waals surface area contributed by atoms with Crippen molar-refractivity contribution >= 4 is 29.6 Å². The topological polar surface area (TPSA) is 90.5 Å². The molecule has 3 saturated heterocycles. The Morgan fingerprint density at radius 3 is 2.76 bits per heavy atom. The first-order valence-electron chi connectivity index (χ1n) is 7.33. The molecule has 3 aliphatic rings. The molecule has 1 atom stereocenters. The summed E-state index contributed by atoms with van der Waals surface area (Å²) in [6.07, 6.45) is 2.69. The lowest BCUT2D eigenvalue weighted by Gasteiger charge is -2.24. The van der Waals surface area contributed by atoms with Crippen molar-refractivity contribution < 1.29 is 14.4 Å². The number of likely N-dealkylation sites (tertiary alicyclic amines) is 1. The number of carbonyl (C=O) groups is 3. The van der Waals surface area contributed by atoms with Crippen LogP contribution >= 0.6 is 11.8 Å². The highest BCUT2D eigenvalue weighted by molar-refractivity contribution is 8.00. The monoisotopic (exact) mass is 312 g/mol. The number of amides is 4. The minimum absolute atomic E-state index is 0.0596. The number of nitrogens with one attached hydrogen (secondary N) is 3. The zero-order chi connectivity index (χ0) is 14.9. The maximum absolute atomic E-state index is 12.3. The van der Waals surface area contributed by atoms with Gasteiger partial charge in [0.15, 0.2) is 0 Å². The van der Waals surface area contributed by atoms with Gasteiger partial charge in [-0.05, 0) is 32.4 Å². The third-order valence-corrected chi connectivity index (χ3v) is 5.72. The van der Waals surface area contributed by atoms with E-state index < -0.39 is 11.6 Å². The number of carbonyl (C=O) groups excluding carboxylic acids is 3. The zero-order valence-corrected chi connectivity index (χ0v) is 12.6. The second-order valence-corrected chi connectivity index (χ2v) is 7.10. The summed E-state index contributed by atoms with van der Waals surface area (Å²) in [5, 5.41) is 8.76. The Labute approximate surface area is 127 Å². The predicted molar refractivity (Wildman–Crippen MR) is 79.0 cm³/mol. The van der Waals surface area contributed by atoms with Gasteiger partial charge in [-0.2, -0.15) is 0 Å². The molecule has 3 aliphatic heterocycles. The number of nitrogens with zero attached hydrogens (tertiary/aromatic N) is 1. The van der Waals surface area contributed by atoms with E-state index in [-0.39, 0.29) is 18.4 Å². The first-order chi connectivity index (χ1) is 10.1. The van der Waals surface area contributed by atoms with Crippen LogP contribution in [0.3, 0.4) is 0 Å². The molecule has 3 N–H and O–H groups in total. The SMILES string of the molecule is O=C1NC(=O)C2(CCN(C(=O)CSC3CCNCC3)C2)N1. The fraction of sp³-hybridized carbons (Fsp3) is 0.769. The summed E-state index contributed by atoms with van der Waals surface area (Å²) in [5.74, 6) is 0.203. The fourth-order valence-corrected chi connectivity index (χ4v) is 4.21. The molecule has 0 aromatic rings. The van der Waals surface area contributed by atoms with Crippen LogP contribution < -0.4 is 16.0 Å². The van der Waals surface area contributed by atoms with Gasteiger partial charge < -0.3 is 15.5 Å². The van der Waals surface area contributed by atoms with Crippen LogP contribution in [0.15, 0.2) is 0 Å². The molecule has 0 saturated carbocycles. The molecule has 3 rings (SSSR count). The average Bonchev–Trinajstić information content (AvgIpc) is 3.02. The fourth-order valence-electron chi connectivity index (χ4n) is 3.08. The highest BCUT2D eigenvalue weighted by Gasteiger charge is 2.51. The highest BCUT2D eigenvalue weighted by atomic mass is 32.2. The summed E-state index contributed by atoms with van der Waals surface area (Å²) in [4.78, 5) is 37.1. The van der Waals surface area contributed by atoms with Crippen molar-refractivity contribution in [1.29, 1.82) is 0 Å². The Bertz CT molecular complexity index is 466. The van der Waals surface area contributed by atoms with Crippen molar-refractivity contribution in [3.8, 4) is 0 Å². The number of imide groups is 1. The largest absolute Gasteiger partial charge is 0.339 e. The van der Waals surface area contributed by atoms with E-state index in [2.05, 4.69) is 16.0 Å². The molecular weight excluding hydrogens is 292 g/mol. The van der Waals surface area contributed by atoms with Crippen LogP contribution in [-0.2, 0) is 9.59 Å². The van der Waals surface area contributed by atoms with E-state index in [1.165, 1.54) is 0 Å². The van der Waals surface area contributed by atoms with Gasteiger partial charge in [0, 0.05) is 11.8 Å². The number of hydrogen-bond acceptors (Lipinski definition) is 5. The Morgan fingerprint density at radius 1 is 1.33 bits per heavy atom. The third-order valence-electron chi connectivity index (χ3n) is 4.37. The molecule has 0 aromatic heterocycles. The lowest BCUT2D eigenvalue weighted by Crippen LogP contribution is -2.49. The van der Waals surface area contributed by atoms with Crippen LogP contribution in [-0.4, -0.2) is 65.5 Å². The summed E-state index contributed by atoms with van der Waals surface area (Å²) in [7, 11) is 0. The van der Waals surface area contributed by atoms with E-state index in [4.69, 9.17) is 0 Å². The van der Waals surface area contributed by atoms with Crippen molar-refractivity contribution in [2.24, 2.45) is 0 Å². The van der Waals surface area contributed by atoms with Gasteiger partial charge in [0.25, 0.3) is 5.91 Å². The lowest BCUT2D eigenvalue weighted by molar-refractivity contribution is -0.128. The first-order valence-corrected chi connectivity index (χ1v) is 8.38. The molecule has 3 heterocycles. The van der Waals surface area contributed by atoms with Gasteiger partial charge in [0.05, 0.1) is 12.3 Å². The van der Waals surface area contributed by atoms with Crippen molar-refractivity contribution in [3.05, 3.63) is 0 Å². The van der Waals surface area contributed by atoms with Crippen LogP contribution in [0.1, 0.15) is 19.3 Å². The van der Waals surface area contributed by atoms with Crippen molar-refractivity contribution in [2.75, 3.05) is 31.9 Å². The Morgan fingerprint density at radius 2 is 2.10 bits per heavy atom. The maximum Gasteiger partial charge on any atom is 0.322 e. The van der Waals surface area contributed by atoms with E-state index in [1.807, 2.05) is 0 Å². The summed E-state index contributed by atoms with van der Waals surface area (Å²) < 4.78 is 0. The third kappa shape index (κ3) is 3.01. The molecule has 0 aromatic carbocycles. The molecule has 8 heteroatoms. The first kappa shape index (κ1) is 14.6. The molecule has 0 bridgehead atoms. The minimum atomic E-state index is -0.897. The van der Waals surface area contributed by atoms with E-state index in [9.17, 15) is 14.4 Å². The van der Waals surface area contributed by atoms with Gasteiger partial charge in [0.1, 0.15) is 5.54 Å². The molecule has 3 fully saturated rings. The molecule has 21 heavy (non-hydrogen) atoms. The molecular formula is C13H20N4O3S. The highest BCUT2D eigenvalue weighted by Crippen LogP contribution is 2.26. The van der Waals surface area contributed by atoms with Crippen molar-refractivity contribution in [1.82, 2.24) is 20.9 Å². The average molecular weight is 312 g/mol. The van der Waals surface area contributed by atoms with Gasteiger partial charge in [-0.3, -0.25) is 14.9 Å². The van der Waals surface area contributed by atoms with Crippen LogP contribution in [0, 0.1) is 0 Å². The van der Waals surface area contributed by atoms with Gasteiger partial charge in [-0.15, -0.1) is 11.8 Å². The van der Waals surface area contributed by atoms with Crippen LogP contribution in [0.25, 0.3) is 0 Å². The smallest absolute Gasteiger partial charge is 0.322 e. The minimum Gasteiger partial charge on any atom is -0.339 e. The van der Waals surface area contributed by atoms with Gasteiger partial charge >= 0.3 is 6.03 Å². The van der Waals surface area contributed by atoms with Gasteiger partial charge in [-0.1, -0.05) is 0 Å². The molecule has 7 nitrogen and oxygen atoms in total. The Kier molecular flexibility index (Phi) is 4.08. The normalized spacial score (nSPS) is 29.8. The molecule has 0 aliphatic carbocycles.